The number of nitrogens with one attached hydrogen (secondary N) is 3. The van der Waals surface area contributed by atoms with Crippen molar-refractivity contribution in [2.24, 2.45) is 0 Å². The number of methoxy groups -OCH3 is 1. The Morgan fingerprint density at radius 3 is 1.91 bits per heavy atom. The summed E-state index contributed by atoms with van der Waals surface area (Å²) < 4.78 is 32.5. The van der Waals surface area contributed by atoms with Crippen LogP contribution in [0.15, 0.2) is 89.8 Å². The molecule has 13 nitrogen and oxygen atoms in total. The van der Waals surface area contributed by atoms with Crippen molar-refractivity contribution in [2.45, 2.75) is 61.5 Å². The number of nitrogens with zero attached hydrogens (tertiary/aromatic N) is 1. The van der Waals surface area contributed by atoms with E-state index in [1.807, 2.05) is 67.6 Å². The second-order valence-corrected chi connectivity index (χ2v) is 11.9. The molecule has 3 rings (SSSR count). The highest BCUT2D eigenvalue weighted by Gasteiger charge is 2.34. The number of amides is 2. The van der Waals surface area contributed by atoms with E-state index in [1.54, 1.807) is 0 Å². The van der Waals surface area contributed by atoms with Crippen LogP contribution in [0.3, 0.4) is 0 Å². The smallest absolute Gasteiger partial charge is 0.407 e. The first kappa shape index (κ1) is 34.7. The standard InChI is InChI=1S/C31H36N4O9S/c1-3-23(15-10-16-26(30(37)38)34-45(42,43)25-19-17-24(18-20-25)35(40)41)32-29(36)28(33-31(39)44-2)27(21-11-6-4-7-12-21)22-13-8-5-9-14-22/h4-9,11-14,17-20,23,26-28,34H,3,10,15-16H2,1-2H3,(H,32,36)(H,33,39)(H,37,38)/t23-,26-,28-/m0/s1. The maximum atomic E-state index is 13.8. The minimum absolute atomic E-state index is 0.0889. The zero-order valence-corrected chi connectivity index (χ0v) is 25.6. The van der Waals surface area contributed by atoms with Gasteiger partial charge in [-0.05, 0) is 48.9 Å². The highest BCUT2D eigenvalue weighted by Crippen LogP contribution is 2.29. The second kappa shape index (κ2) is 16.3. The SMILES string of the molecule is CC[C@@H](CCC[C@H](NS(=O)(=O)c1ccc([N+](=O)[O-])cc1)C(=O)O)NC(=O)[C@@H](NC(=O)OC)C(c1ccccc1)c1ccccc1. The van der Waals surface area contributed by atoms with Gasteiger partial charge in [0.2, 0.25) is 15.9 Å². The Bertz CT molecular complexity index is 1510. The fraction of sp³-hybridized carbons (Fsp3) is 0.323. The molecule has 0 aliphatic heterocycles. The summed E-state index contributed by atoms with van der Waals surface area (Å²) in [6, 6.07) is 19.6. The molecule has 0 aromatic heterocycles. The van der Waals surface area contributed by atoms with E-state index in [9.17, 15) is 38.0 Å². The quantitative estimate of drug-likeness (QED) is 0.132. The zero-order chi connectivity index (χ0) is 33.0. The van der Waals surface area contributed by atoms with E-state index in [-0.39, 0.29) is 23.4 Å². The van der Waals surface area contributed by atoms with Gasteiger partial charge in [-0.1, -0.05) is 67.6 Å². The van der Waals surface area contributed by atoms with Crippen LogP contribution in [0.2, 0.25) is 0 Å². The van der Waals surface area contributed by atoms with Gasteiger partial charge in [0.1, 0.15) is 12.1 Å². The molecule has 3 aromatic rings. The number of carboxylic acids is 1. The fourth-order valence-corrected chi connectivity index (χ4v) is 6.08. The number of rotatable bonds is 16. The average molecular weight is 641 g/mol. The third-order valence-electron chi connectivity index (χ3n) is 7.23. The maximum Gasteiger partial charge on any atom is 0.407 e. The van der Waals surface area contributed by atoms with Crippen LogP contribution in [0.25, 0.3) is 0 Å². The summed E-state index contributed by atoms with van der Waals surface area (Å²) in [6.07, 6.45) is 0.148. The lowest BCUT2D eigenvalue weighted by molar-refractivity contribution is -0.384. The number of sulfonamides is 1. The van der Waals surface area contributed by atoms with Gasteiger partial charge in [-0.25, -0.2) is 13.2 Å². The molecule has 14 heteroatoms. The Labute approximate surface area is 261 Å². The summed E-state index contributed by atoms with van der Waals surface area (Å²) in [4.78, 5) is 47.9. The van der Waals surface area contributed by atoms with E-state index in [2.05, 4.69) is 15.4 Å². The number of hydrogen-bond donors (Lipinski definition) is 4. The molecular formula is C31H36N4O9S. The number of benzene rings is 3. The summed E-state index contributed by atoms with van der Waals surface area (Å²) in [5, 5.41) is 26.2. The molecule has 0 aliphatic carbocycles. The van der Waals surface area contributed by atoms with Crippen LogP contribution in [0, 0.1) is 10.1 Å². The minimum Gasteiger partial charge on any atom is -0.480 e. The third kappa shape index (κ3) is 9.84. The molecule has 0 aliphatic rings. The summed E-state index contributed by atoms with van der Waals surface area (Å²) in [7, 11) is -3.08. The largest absolute Gasteiger partial charge is 0.480 e. The monoisotopic (exact) mass is 640 g/mol. The second-order valence-electron chi connectivity index (χ2n) is 10.2. The Hall–Kier alpha value is -4.82. The van der Waals surface area contributed by atoms with E-state index in [4.69, 9.17) is 4.74 Å². The molecule has 0 fully saturated rings. The van der Waals surface area contributed by atoms with Crippen molar-refractivity contribution in [1.82, 2.24) is 15.4 Å². The van der Waals surface area contributed by atoms with Crippen molar-refractivity contribution in [1.29, 1.82) is 0 Å². The van der Waals surface area contributed by atoms with E-state index in [0.29, 0.717) is 12.8 Å². The average Bonchev–Trinajstić information content (AvgIpc) is 3.04. The first-order chi connectivity index (χ1) is 21.5. The molecule has 4 N–H and O–H groups in total. The molecule has 0 spiro atoms. The molecule has 0 saturated carbocycles. The molecular weight excluding hydrogens is 604 g/mol. The van der Waals surface area contributed by atoms with Gasteiger partial charge >= 0.3 is 12.1 Å². The fourth-order valence-electron chi connectivity index (χ4n) is 4.86. The van der Waals surface area contributed by atoms with Crippen LogP contribution in [-0.4, -0.2) is 61.7 Å². The topological polar surface area (TPSA) is 194 Å². The number of hydrogen-bond acceptors (Lipinski definition) is 8. The van der Waals surface area contributed by atoms with E-state index >= 15 is 0 Å². The van der Waals surface area contributed by atoms with E-state index < -0.39 is 57.0 Å². The number of carbonyl (C=O) groups is 3. The van der Waals surface area contributed by atoms with Crippen LogP contribution in [0.5, 0.6) is 0 Å². The van der Waals surface area contributed by atoms with Gasteiger partial charge in [0.25, 0.3) is 5.69 Å². The van der Waals surface area contributed by atoms with E-state index in [0.717, 1.165) is 35.4 Å². The van der Waals surface area contributed by atoms with Crippen molar-refractivity contribution >= 4 is 33.7 Å². The van der Waals surface area contributed by atoms with Gasteiger partial charge in [-0.15, -0.1) is 0 Å². The van der Waals surface area contributed by atoms with Gasteiger partial charge in [-0.3, -0.25) is 19.7 Å². The first-order valence-electron chi connectivity index (χ1n) is 14.2. The normalized spacial score (nSPS) is 13.3. The Balaban J connectivity index is 1.73. The lowest BCUT2D eigenvalue weighted by atomic mass is 9.84. The minimum atomic E-state index is -4.29. The molecule has 0 unspecified atom stereocenters. The van der Waals surface area contributed by atoms with Crippen molar-refractivity contribution in [2.75, 3.05) is 7.11 Å². The van der Waals surface area contributed by atoms with Crippen molar-refractivity contribution in [3.8, 4) is 0 Å². The van der Waals surface area contributed by atoms with E-state index in [1.165, 1.54) is 7.11 Å². The molecule has 0 radical (unpaired) electrons. The number of carboxylic acid groups (broad SMARTS) is 1. The summed E-state index contributed by atoms with van der Waals surface area (Å²) in [5.41, 5.74) is 1.27. The molecule has 0 heterocycles. The number of non-ortho nitro benzene ring substituents is 1. The molecule has 240 valence electrons. The Kier molecular flexibility index (Phi) is 12.6. The van der Waals surface area contributed by atoms with Crippen LogP contribution < -0.4 is 15.4 Å². The van der Waals surface area contributed by atoms with Gasteiger partial charge in [-0.2, -0.15) is 4.72 Å². The van der Waals surface area contributed by atoms with Crippen molar-refractivity contribution in [3.63, 3.8) is 0 Å². The molecule has 0 saturated heterocycles. The number of nitro groups is 1. The third-order valence-corrected chi connectivity index (χ3v) is 8.72. The lowest BCUT2D eigenvalue weighted by Crippen LogP contribution is -2.52. The number of ether oxygens (including phenoxy) is 1. The molecule has 3 aromatic carbocycles. The van der Waals surface area contributed by atoms with Crippen molar-refractivity contribution in [3.05, 3.63) is 106 Å². The highest BCUT2D eigenvalue weighted by molar-refractivity contribution is 7.89. The molecule has 45 heavy (non-hydrogen) atoms. The van der Waals surface area contributed by atoms with Crippen LogP contribution in [-0.2, 0) is 24.3 Å². The predicted octanol–water partition coefficient (Wildman–Crippen LogP) is 3.95. The molecule has 2 amide bonds. The first-order valence-corrected chi connectivity index (χ1v) is 15.7. The molecule has 3 atom stereocenters. The van der Waals surface area contributed by atoms with Crippen LogP contribution >= 0.6 is 0 Å². The number of nitro benzene ring substituents is 1. The predicted molar refractivity (Wildman–Crippen MR) is 165 cm³/mol. The zero-order valence-electron chi connectivity index (χ0n) is 24.8. The lowest BCUT2D eigenvalue weighted by Gasteiger charge is -2.29. The number of carbonyl (C=O) groups excluding carboxylic acids is 2. The highest BCUT2D eigenvalue weighted by atomic mass is 32.2. The number of aliphatic carboxylic acids is 1. The van der Waals surface area contributed by atoms with Crippen molar-refractivity contribution < 1.29 is 37.6 Å². The summed E-state index contributed by atoms with van der Waals surface area (Å²) in [5.74, 6) is -2.43. The summed E-state index contributed by atoms with van der Waals surface area (Å²) in [6.45, 7) is 1.84. The van der Waals surface area contributed by atoms with Gasteiger partial charge < -0.3 is 20.5 Å². The van der Waals surface area contributed by atoms with Crippen LogP contribution in [0.1, 0.15) is 49.7 Å². The Morgan fingerprint density at radius 1 is 0.889 bits per heavy atom. The van der Waals surface area contributed by atoms with Gasteiger partial charge in [0.05, 0.1) is 16.9 Å². The van der Waals surface area contributed by atoms with Crippen LogP contribution in [0.4, 0.5) is 10.5 Å². The molecule has 0 bridgehead atoms. The number of alkyl carbamates (subject to hydrolysis) is 1. The summed E-state index contributed by atoms with van der Waals surface area (Å²) >= 11 is 0. The maximum absolute atomic E-state index is 13.8. The van der Waals surface area contributed by atoms with Gasteiger partial charge in [0.15, 0.2) is 0 Å². The van der Waals surface area contributed by atoms with Gasteiger partial charge in [0, 0.05) is 24.1 Å². The Morgan fingerprint density at radius 2 is 1.44 bits per heavy atom.